The molecule has 0 saturated carbocycles. The number of anilines is 1. The van der Waals surface area contributed by atoms with Crippen LogP contribution in [0.5, 0.6) is 0 Å². The maximum Gasteiger partial charge on any atom is 0.240 e. The monoisotopic (exact) mass is 390 g/mol. The van der Waals surface area contributed by atoms with E-state index in [0.29, 0.717) is 12.8 Å². The van der Waals surface area contributed by atoms with Crippen molar-refractivity contribution >= 4 is 23.2 Å². The number of carbonyl (C=O) groups is 2. The molecule has 1 atom stereocenters. The zero-order chi connectivity index (χ0) is 20.2. The van der Waals surface area contributed by atoms with E-state index in [1.165, 1.54) is 0 Å². The predicted octanol–water partition coefficient (Wildman–Crippen LogP) is 2.44. The summed E-state index contributed by atoms with van der Waals surface area (Å²) in [6, 6.07) is 18.2. The summed E-state index contributed by atoms with van der Waals surface area (Å²) < 4.78 is 0. The molecule has 1 saturated heterocycles. The van der Waals surface area contributed by atoms with E-state index in [9.17, 15) is 9.59 Å². The summed E-state index contributed by atoms with van der Waals surface area (Å²) in [5.74, 6) is 0.281. The van der Waals surface area contributed by atoms with E-state index in [1.54, 1.807) is 0 Å². The van der Waals surface area contributed by atoms with Crippen molar-refractivity contribution in [3.8, 4) is 0 Å². The molecule has 2 aromatic carbocycles. The molecule has 0 bridgehead atoms. The third-order valence-corrected chi connectivity index (χ3v) is 5.62. The first-order chi connectivity index (χ1) is 14.1. The molecule has 1 unspecified atom stereocenters. The van der Waals surface area contributed by atoms with Gasteiger partial charge in [0, 0.05) is 44.2 Å². The van der Waals surface area contributed by atoms with Crippen LogP contribution in [0, 0.1) is 5.92 Å². The van der Waals surface area contributed by atoms with Gasteiger partial charge in [-0.25, -0.2) is 5.43 Å². The number of hydrazone groups is 1. The van der Waals surface area contributed by atoms with Gasteiger partial charge in [-0.05, 0) is 23.3 Å². The Labute approximate surface area is 171 Å². The van der Waals surface area contributed by atoms with Crippen LogP contribution in [0.3, 0.4) is 0 Å². The molecule has 0 spiro atoms. The second-order valence-corrected chi connectivity index (χ2v) is 7.71. The standard InChI is InChI=1S/C23H26N4O2/c1-17-15-21(28)24-25-23(17)19-7-9-20(10-8-19)26-11-13-27(14-12-26)22(29)16-18-5-3-2-4-6-18/h2-10,17H,11-16H2,1H3,(H,24,28). The molecule has 4 rings (SSSR count). The Hall–Kier alpha value is -3.15. The summed E-state index contributed by atoms with van der Waals surface area (Å²) in [5.41, 5.74) is 6.75. The number of rotatable bonds is 4. The van der Waals surface area contributed by atoms with E-state index in [2.05, 4.69) is 39.7 Å². The van der Waals surface area contributed by atoms with Gasteiger partial charge in [0.25, 0.3) is 0 Å². The van der Waals surface area contributed by atoms with Gasteiger partial charge in [0.2, 0.25) is 11.8 Å². The van der Waals surface area contributed by atoms with Crippen LogP contribution in [-0.4, -0.2) is 48.6 Å². The molecule has 6 heteroatoms. The molecule has 0 aliphatic carbocycles. The fourth-order valence-electron chi connectivity index (χ4n) is 3.94. The number of carbonyl (C=O) groups excluding carboxylic acids is 2. The maximum atomic E-state index is 12.5. The van der Waals surface area contributed by atoms with Crippen LogP contribution in [0.1, 0.15) is 24.5 Å². The minimum absolute atomic E-state index is 0.0300. The lowest BCUT2D eigenvalue weighted by Gasteiger charge is -2.36. The number of nitrogens with one attached hydrogen (secondary N) is 1. The smallest absolute Gasteiger partial charge is 0.240 e. The summed E-state index contributed by atoms with van der Waals surface area (Å²) in [6.45, 7) is 5.16. The molecule has 150 valence electrons. The Morgan fingerprint density at radius 3 is 2.38 bits per heavy atom. The van der Waals surface area contributed by atoms with Crippen LogP contribution < -0.4 is 10.3 Å². The summed E-state index contributed by atoms with van der Waals surface area (Å²) in [7, 11) is 0. The fraction of sp³-hybridized carbons (Fsp3) is 0.348. The van der Waals surface area contributed by atoms with Crippen LogP contribution in [-0.2, 0) is 16.0 Å². The normalized spacial score (nSPS) is 19.6. The molecular weight excluding hydrogens is 364 g/mol. The number of nitrogens with zero attached hydrogens (tertiary/aromatic N) is 3. The minimum Gasteiger partial charge on any atom is -0.368 e. The van der Waals surface area contributed by atoms with Crippen molar-refractivity contribution in [2.45, 2.75) is 19.8 Å². The molecule has 2 aromatic rings. The molecular formula is C23H26N4O2. The number of amides is 2. The van der Waals surface area contributed by atoms with Crippen LogP contribution in [0.2, 0.25) is 0 Å². The maximum absolute atomic E-state index is 12.5. The summed E-state index contributed by atoms with van der Waals surface area (Å²) >= 11 is 0. The highest BCUT2D eigenvalue weighted by Gasteiger charge is 2.23. The summed E-state index contributed by atoms with van der Waals surface area (Å²) in [4.78, 5) is 28.3. The molecule has 29 heavy (non-hydrogen) atoms. The van der Waals surface area contributed by atoms with Crippen molar-refractivity contribution in [2.75, 3.05) is 31.1 Å². The molecule has 2 heterocycles. The van der Waals surface area contributed by atoms with Crippen molar-refractivity contribution in [3.63, 3.8) is 0 Å². The predicted molar refractivity (Wildman–Crippen MR) is 114 cm³/mol. The van der Waals surface area contributed by atoms with Gasteiger partial charge in [0.15, 0.2) is 0 Å². The van der Waals surface area contributed by atoms with Crippen molar-refractivity contribution in [3.05, 3.63) is 65.7 Å². The van der Waals surface area contributed by atoms with Gasteiger partial charge in [-0.15, -0.1) is 0 Å². The van der Waals surface area contributed by atoms with E-state index in [1.807, 2.05) is 42.2 Å². The molecule has 0 aromatic heterocycles. The topological polar surface area (TPSA) is 65.0 Å². The molecule has 0 radical (unpaired) electrons. The van der Waals surface area contributed by atoms with E-state index >= 15 is 0 Å². The quantitative estimate of drug-likeness (QED) is 0.872. The van der Waals surface area contributed by atoms with Gasteiger partial charge >= 0.3 is 0 Å². The lowest BCUT2D eigenvalue weighted by molar-refractivity contribution is -0.130. The first kappa shape index (κ1) is 19.2. The van der Waals surface area contributed by atoms with Crippen LogP contribution in [0.4, 0.5) is 5.69 Å². The van der Waals surface area contributed by atoms with Crippen molar-refractivity contribution in [1.82, 2.24) is 10.3 Å². The van der Waals surface area contributed by atoms with Crippen LogP contribution in [0.25, 0.3) is 0 Å². The van der Waals surface area contributed by atoms with E-state index in [-0.39, 0.29) is 17.7 Å². The van der Waals surface area contributed by atoms with Gasteiger partial charge < -0.3 is 9.80 Å². The number of hydrogen-bond acceptors (Lipinski definition) is 4. The highest BCUT2D eigenvalue weighted by molar-refractivity contribution is 6.05. The van der Waals surface area contributed by atoms with Gasteiger partial charge in [-0.2, -0.15) is 5.10 Å². The summed E-state index contributed by atoms with van der Waals surface area (Å²) in [6.07, 6.45) is 0.936. The average molecular weight is 390 g/mol. The third-order valence-electron chi connectivity index (χ3n) is 5.62. The van der Waals surface area contributed by atoms with E-state index in [0.717, 1.165) is 48.7 Å². The molecule has 6 nitrogen and oxygen atoms in total. The van der Waals surface area contributed by atoms with Gasteiger partial charge in [0.1, 0.15) is 0 Å². The lowest BCUT2D eigenvalue weighted by Crippen LogP contribution is -2.49. The summed E-state index contributed by atoms with van der Waals surface area (Å²) in [5, 5.41) is 4.23. The molecule has 2 aliphatic heterocycles. The Kier molecular flexibility index (Phi) is 5.60. The second kappa shape index (κ2) is 8.47. The first-order valence-electron chi connectivity index (χ1n) is 10.1. The van der Waals surface area contributed by atoms with Crippen LogP contribution >= 0.6 is 0 Å². The fourth-order valence-corrected chi connectivity index (χ4v) is 3.94. The number of benzene rings is 2. The van der Waals surface area contributed by atoms with Crippen molar-refractivity contribution in [1.29, 1.82) is 0 Å². The number of hydrogen-bond donors (Lipinski definition) is 1. The first-order valence-corrected chi connectivity index (χ1v) is 10.1. The van der Waals surface area contributed by atoms with Crippen LogP contribution in [0.15, 0.2) is 59.7 Å². The van der Waals surface area contributed by atoms with E-state index < -0.39 is 0 Å². The lowest BCUT2D eigenvalue weighted by atomic mass is 9.94. The highest BCUT2D eigenvalue weighted by atomic mass is 16.2. The molecule has 1 fully saturated rings. The molecule has 2 amide bonds. The van der Waals surface area contributed by atoms with Crippen molar-refractivity contribution < 1.29 is 9.59 Å². The average Bonchev–Trinajstić information content (AvgIpc) is 2.75. The SMILES string of the molecule is CC1CC(=O)NN=C1c1ccc(N2CCN(C(=O)Cc3ccccc3)CC2)cc1. The molecule has 2 aliphatic rings. The largest absolute Gasteiger partial charge is 0.368 e. The Morgan fingerprint density at radius 1 is 1.03 bits per heavy atom. The number of piperazine rings is 1. The Balaban J connectivity index is 1.34. The minimum atomic E-state index is -0.0300. The highest BCUT2D eigenvalue weighted by Crippen LogP contribution is 2.21. The van der Waals surface area contributed by atoms with E-state index in [4.69, 9.17) is 0 Å². The second-order valence-electron chi connectivity index (χ2n) is 7.71. The Bertz CT molecular complexity index is 900. The molecule has 1 N–H and O–H groups in total. The Morgan fingerprint density at radius 2 is 1.72 bits per heavy atom. The van der Waals surface area contributed by atoms with Gasteiger partial charge in [-0.1, -0.05) is 49.4 Å². The third kappa shape index (κ3) is 4.47. The zero-order valence-electron chi connectivity index (χ0n) is 16.7. The zero-order valence-corrected chi connectivity index (χ0v) is 16.7. The van der Waals surface area contributed by atoms with Gasteiger partial charge in [0.05, 0.1) is 12.1 Å². The van der Waals surface area contributed by atoms with Gasteiger partial charge in [-0.3, -0.25) is 9.59 Å². The van der Waals surface area contributed by atoms with Crippen molar-refractivity contribution in [2.24, 2.45) is 11.0 Å².